The molecule has 17 heavy (non-hydrogen) atoms. The molecule has 90 valence electrons. The van der Waals surface area contributed by atoms with Gasteiger partial charge in [0, 0.05) is 28.1 Å². The van der Waals surface area contributed by atoms with E-state index in [2.05, 4.69) is 15.9 Å². The van der Waals surface area contributed by atoms with E-state index in [1.807, 2.05) is 22.8 Å². The van der Waals surface area contributed by atoms with Gasteiger partial charge in [0.15, 0.2) is 0 Å². The van der Waals surface area contributed by atoms with Gasteiger partial charge < -0.3 is 14.8 Å². The number of rotatable bonds is 4. The van der Waals surface area contributed by atoms with Crippen LogP contribution in [0.2, 0.25) is 0 Å². The number of carbonyl (C=O) groups is 1. The maximum Gasteiger partial charge on any atom is 0.307 e. The summed E-state index contributed by atoms with van der Waals surface area (Å²) in [5.41, 5.74) is 1.71. The van der Waals surface area contributed by atoms with Gasteiger partial charge in [-0.1, -0.05) is 15.9 Å². The van der Waals surface area contributed by atoms with Crippen LogP contribution in [0.4, 0.5) is 0 Å². The lowest BCUT2D eigenvalue weighted by atomic mass is 10.1. The lowest BCUT2D eigenvalue weighted by Gasteiger charge is -2.01. The molecule has 2 N–H and O–H groups in total. The number of halogens is 1. The van der Waals surface area contributed by atoms with Crippen molar-refractivity contribution in [3.8, 4) is 0 Å². The van der Waals surface area contributed by atoms with Gasteiger partial charge in [-0.25, -0.2) is 0 Å². The second kappa shape index (κ2) is 4.89. The number of aliphatic hydroxyl groups excluding tert-OH is 1. The highest BCUT2D eigenvalue weighted by Crippen LogP contribution is 2.25. The summed E-state index contributed by atoms with van der Waals surface area (Å²) in [6, 6.07) is 5.72. The van der Waals surface area contributed by atoms with Crippen LogP contribution < -0.4 is 0 Å². The third-order valence-electron chi connectivity index (χ3n) is 2.61. The molecule has 4 nitrogen and oxygen atoms in total. The Morgan fingerprint density at radius 2 is 2.18 bits per heavy atom. The summed E-state index contributed by atoms with van der Waals surface area (Å²) in [5, 5.41) is 18.8. The maximum absolute atomic E-state index is 10.8. The zero-order valence-corrected chi connectivity index (χ0v) is 10.6. The minimum absolute atomic E-state index is 0.00855. The van der Waals surface area contributed by atoms with Gasteiger partial charge in [-0.3, -0.25) is 4.79 Å². The molecule has 0 amide bonds. The third kappa shape index (κ3) is 2.50. The summed E-state index contributed by atoms with van der Waals surface area (Å²) in [5.74, 6) is -0.854. The normalized spacial score (nSPS) is 10.9. The molecule has 1 aromatic carbocycles. The summed E-state index contributed by atoms with van der Waals surface area (Å²) < 4.78 is 2.79. The molecule has 0 radical (unpaired) electrons. The minimum Gasteiger partial charge on any atom is -0.481 e. The number of nitrogens with zero attached hydrogens (tertiary/aromatic N) is 1. The Morgan fingerprint density at radius 1 is 1.41 bits per heavy atom. The number of hydrogen-bond donors (Lipinski definition) is 2. The second-order valence-corrected chi connectivity index (χ2v) is 4.72. The summed E-state index contributed by atoms with van der Waals surface area (Å²) in [4.78, 5) is 10.8. The number of carboxylic acid groups (broad SMARTS) is 1. The molecular formula is C12H12BrNO3. The quantitative estimate of drug-likeness (QED) is 0.908. The lowest BCUT2D eigenvalue weighted by Crippen LogP contribution is -2.01. The van der Waals surface area contributed by atoms with Gasteiger partial charge in [-0.15, -0.1) is 0 Å². The standard InChI is InChI=1S/C12H12BrNO3/c13-9-1-2-11-10(6-9)8(5-12(16)17)7-14(11)3-4-15/h1-2,6-7,15H,3-5H2,(H,16,17). The Kier molecular flexibility index (Phi) is 3.49. The topological polar surface area (TPSA) is 62.5 Å². The average molecular weight is 298 g/mol. The highest BCUT2D eigenvalue weighted by atomic mass is 79.9. The summed E-state index contributed by atoms with van der Waals surface area (Å²) in [6.45, 7) is 0.504. The molecule has 0 aliphatic carbocycles. The zero-order valence-electron chi connectivity index (χ0n) is 9.06. The molecule has 5 heteroatoms. The van der Waals surface area contributed by atoms with E-state index in [1.165, 1.54) is 0 Å². The van der Waals surface area contributed by atoms with E-state index in [1.54, 1.807) is 6.20 Å². The molecule has 1 heterocycles. The molecule has 0 fully saturated rings. The molecule has 0 atom stereocenters. The van der Waals surface area contributed by atoms with E-state index in [-0.39, 0.29) is 13.0 Å². The predicted octanol–water partition coefficient (Wildman–Crippen LogP) is 2.02. The van der Waals surface area contributed by atoms with Crippen LogP contribution in [0.3, 0.4) is 0 Å². The van der Waals surface area contributed by atoms with E-state index in [9.17, 15) is 4.79 Å². The molecule has 0 bridgehead atoms. The molecule has 2 rings (SSSR count). The van der Waals surface area contributed by atoms with Crippen LogP contribution in [0.15, 0.2) is 28.9 Å². The van der Waals surface area contributed by atoms with Crippen molar-refractivity contribution in [2.75, 3.05) is 6.61 Å². The highest BCUT2D eigenvalue weighted by Gasteiger charge is 2.11. The number of hydrogen-bond acceptors (Lipinski definition) is 2. The van der Waals surface area contributed by atoms with E-state index < -0.39 is 5.97 Å². The largest absolute Gasteiger partial charge is 0.481 e. The van der Waals surface area contributed by atoms with Crippen molar-refractivity contribution < 1.29 is 15.0 Å². The number of aromatic nitrogens is 1. The van der Waals surface area contributed by atoms with Crippen molar-refractivity contribution in [2.24, 2.45) is 0 Å². The lowest BCUT2D eigenvalue weighted by molar-refractivity contribution is -0.136. The molecule has 0 unspecified atom stereocenters. The van der Waals surface area contributed by atoms with Gasteiger partial charge in [-0.2, -0.15) is 0 Å². The van der Waals surface area contributed by atoms with Crippen molar-refractivity contribution in [2.45, 2.75) is 13.0 Å². The molecule has 2 aromatic rings. The van der Waals surface area contributed by atoms with Gasteiger partial charge in [0.05, 0.1) is 13.0 Å². The number of fused-ring (bicyclic) bond motifs is 1. The van der Waals surface area contributed by atoms with Crippen LogP contribution in [-0.4, -0.2) is 27.4 Å². The molecule has 1 aromatic heterocycles. The van der Waals surface area contributed by atoms with Crippen LogP contribution in [0.1, 0.15) is 5.56 Å². The molecule has 0 saturated carbocycles. The highest BCUT2D eigenvalue weighted by molar-refractivity contribution is 9.10. The number of benzene rings is 1. The van der Waals surface area contributed by atoms with E-state index in [0.29, 0.717) is 6.54 Å². The molecule has 0 aliphatic heterocycles. The smallest absolute Gasteiger partial charge is 0.307 e. The van der Waals surface area contributed by atoms with Gasteiger partial charge in [0.25, 0.3) is 0 Å². The van der Waals surface area contributed by atoms with Crippen molar-refractivity contribution in [1.29, 1.82) is 0 Å². The Balaban J connectivity index is 2.57. The molecular weight excluding hydrogens is 286 g/mol. The number of aliphatic carboxylic acids is 1. The molecule has 0 spiro atoms. The monoisotopic (exact) mass is 297 g/mol. The van der Waals surface area contributed by atoms with Crippen LogP contribution in [0.5, 0.6) is 0 Å². The summed E-state index contributed by atoms with van der Waals surface area (Å²) >= 11 is 3.37. The van der Waals surface area contributed by atoms with Gasteiger partial charge in [0.2, 0.25) is 0 Å². The van der Waals surface area contributed by atoms with E-state index in [4.69, 9.17) is 10.2 Å². The van der Waals surface area contributed by atoms with Gasteiger partial charge in [0.1, 0.15) is 0 Å². The fourth-order valence-electron chi connectivity index (χ4n) is 1.94. The summed E-state index contributed by atoms with van der Waals surface area (Å²) in [7, 11) is 0. The van der Waals surface area contributed by atoms with Crippen LogP contribution >= 0.6 is 15.9 Å². The fraction of sp³-hybridized carbons (Fsp3) is 0.250. The summed E-state index contributed by atoms with van der Waals surface area (Å²) in [6.07, 6.45) is 1.78. The van der Waals surface area contributed by atoms with Crippen molar-refractivity contribution in [3.63, 3.8) is 0 Å². The predicted molar refractivity (Wildman–Crippen MR) is 68.1 cm³/mol. The molecule has 0 saturated heterocycles. The first-order chi connectivity index (χ1) is 8.11. The van der Waals surface area contributed by atoms with Gasteiger partial charge >= 0.3 is 5.97 Å². The number of aliphatic hydroxyl groups is 1. The Bertz CT molecular complexity index is 562. The van der Waals surface area contributed by atoms with Crippen LogP contribution in [0.25, 0.3) is 10.9 Å². The maximum atomic E-state index is 10.8. The SMILES string of the molecule is O=C(O)Cc1cn(CCO)c2ccc(Br)cc12. The van der Waals surface area contributed by atoms with E-state index >= 15 is 0 Å². The zero-order chi connectivity index (χ0) is 12.4. The van der Waals surface area contributed by atoms with Crippen molar-refractivity contribution in [1.82, 2.24) is 4.57 Å². The average Bonchev–Trinajstić information content (AvgIpc) is 2.56. The second-order valence-electron chi connectivity index (χ2n) is 3.80. The fourth-order valence-corrected chi connectivity index (χ4v) is 2.30. The van der Waals surface area contributed by atoms with Crippen molar-refractivity contribution >= 4 is 32.8 Å². The first kappa shape index (κ1) is 12.1. The first-order valence-electron chi connectivity index (χ1n) is 5.21. The van der Waals surface area contributed by atoms with E-state index in [0.717, 1.165) is 20.9 Å². The Morgan fingerprint density at radius 3 is 2.82 bits per heavy atom. The minimum atomic E-state index is -0.854. The third-order valence-corrected chi connectivity index (χ3v) is 3.10. The molecule has 0 aliphatic rings. The Labute approximate surface area is 107 Å². The Hall–Kier alpha value is -1.33. The first-order valence-corrected chi connectivity index (χ1v) is 6.01. The number of carboxylic acids is 1. The van der Waals surface area contributed by atoms with Gasteiger partial charge in [-0.05, 0) is 23.8 Å². The van der Waals surface area contributed by atoms with Crippen LogP contribution in [-0.2, 0) is 17.8 Å². The van der Waals surface area contributed by atoms with Crippen LogP contribution in [0, 0.1) is 0 Å². The van der Waals surface area contributed by atoms with Crippen molar-refractivity contribution in [3.05, 3.63) is 34.4 Å².